The number of benzene rings is 2. The van der Waals surface area contributed by atoms with Crippen molar-refractivity contribution in [3.05, 3.63) is 83.2 Å². The second-order valence-electron chi connectivity index (χ2n) is 13.8. The smallest absolute Gasteiger partial charge is 0.407 e. The summed E-state index contributed by atoms with van der Waals surface area (Å²) >= 11 is 0. The molecule has 1 saturated heterocycles. The summed E-state index contributed by atoms with van der Waals surface area (Å²) in [5.41, 5.74) is 3.54. The molecular formula is C38H46F2N4O5. The number of halogens is 2. The number of rotatable bonds is 11. The zero-order valence-electron chi connectivity index (χ0n) is 28.9. The molecule has 1 aliphatic heterocycles. The van der Waals surface area contributed by atoms with E-state index in [2.05, 4.69) is 14.9 Å². The summed E-state index contributed by atoms with van der Waals surface area (Å²) < 4.78 is 43.5. The van der Waals surface area contributed by atoms with Gasteiger partial charge in [0.2, 0.25) is 11.8 Å². The van der Waals surface area contributed by atoms with Gasteiger partial charge in [0.1, 0.15) is 17.2 Å². The molecule has 2 atom stereocenters. The van der Waals surface area contributed by atoms with Crippen molar-refractivity contribution in [1.29, 1.82) is 0 Å². The number of amides is 2. The van der Waals surface area contributed by atoms with Crippen LogP contribution in [0.3, 0.4) is 0 Å². The van der Waals surface area contributed by atoms with Crippen LogP contribution in [0.25, 0.3) is 22.0 Å². The van der Waals surface area contributed by atoms with Crippen molar-refractivity contribution in [2.75, 3.05) is 26.8 Å². The molecule has 2 N–H and O–H groups in total. The number of aromatic nitrogens is 2. The van der Waals surface area contributed by atoms with Crippen LogP contribution in [-0.2, 0) is 27.2 Å². The molecule has 2 amide bonds. The first-order valence-corrected chi connectivity index (χ1v) is 16.8. The molecule has 0 saturated carbocycles. The number of alkyl carbamates (subject to hydrolysis) is 1. The number of hydrogen-bond acceptors (Lipinski definition) is 6. The maximum atomic E-state index is 15.5. The Bertz CT molecular complexity index is 1780. The summed E-state index contributed by atoms with van der Waals surface area (Å²) in [7, 11) is 1.66. The molecule has 0 aliphatic carbocycles. The van der Waals surface area contributed by atoms with Crippen LogP contribution in [0.1, 0.15) is 69.2 Å². The highest BCUT2D eigenvalue weighted by Crippen LogP contribution is 2.37. The Balaban J connectivity index is 1.36. The Kier molecular flexibility index (Phi) is 11.2. The second-order valence-corrected chi connectivity index (χ2v) is 13.8. The molecule has 3 heterocycles. The van der Waals surface area contributed by atoms with Gasteiger partial charge in [0.15, 0.2) is 0 Å². The molecule has 1 unspecified atom stereocenters. The van der Waals surface area contributed by atoms with Crippen LogP contribution in [-0.4, -0.2) is 70.0 Å². The highest BCUT2D eigenvalue weighted by Gasteiger charge is 2.32. The van der Waals surface area contributed by atoms with Crippen molar-refractivity contribution in [2.45, 2.75) is 83.9 Å². The first kappa shape index (κ1) is 35.8. The van der Waals surface area contributed by atoms with Crippen molar-refractivity contribution >= 4 is 22.9 Å². The largest absolute Gasteiger partial charge is 0.493 e. The summed E-state index contributed by atoms with van der Waals surface area (Å²) in [6.07, 6.45) is 3.16. The number of nitrogens with zero attached hydrogens (tertiary/aromatic N) is 3. The number of ether oxygens (including phenoxy) is 2. The van der Waals surface area contributed by atoms with E-state index < -0.39 is 23.6 Å². The standard InChI is InChI=1S/C38H46F2N4O5/c1-24-35-30(39)10-6-11-32(35)44(17-8-18-48-5)36(24)28-9-7-16-43(23-28)34(46)21-29(42-37(47)49-38(2,3)4)19-26-13-12-25(20-31(26)40)27-14-15-33(45)41-22-27/h6,10-15,20,22,28-29H,7-9,16-19,21,23H2,1-5H3,(H,41,45)(H,42,47)/t28?,29-/m1/s1. The summed E-state index contributed by atoms with van der Waals surface area (Å²) in [6.45, 7) is 9.44. The van der Waals surface area contributed by atoms with Gasteiger partial charge < -0.3 is 29.4 Å². The molecule has 2 aromatic heterocycles. The van der Waals surface area contributed by atoms with E-state index >= 15 is 8.78 Å². The van der Waals surface area contributed by atoms with Crippen molar-refractivity contribution in [3.63, 3.8) is 0 Å². The molecule has 1 aliphatic rings. The van der Waals surface area contributed by atoms with Gasteiger partial charge in [-0.15, -0.1) is 0 Å². The van der Waals surface area contributed by atoms with Crippen LogP contribution in [0.5, 0.6) is 5.88 Å². The third-order valence-electron chi connectivity index (χ3n) is 8.97. The van der Waals surface area contributed by atoms with E-state index in [1.165, 1.54) is 24.4 Å². The fraction of sp³-hybridized carbons (Fsp3) is 0.447. The van der Waals surface area contributed by atoms with Crippen molar-refractivity contribution in [1.82, 2.24) is 19.8 Å². The van der Waals surface area contributed by atoms with Crippen molar-refractivity contribution in [3.8, 4) is 17.0 Å². The fourth-order valence-corrected chi connectivity index (χ4v) is 6.83. The molecule has 49 heavy (non-hydrogen) atoms. The Morgan fingerprint density at radius 2 is 1.88 bits per heavy atom. The number of carbonyl (C=O) groups excluding carboxylic acids is 2. The number of pyridine rings is 1. The van der Waals surface area contributed by atoms with E-state index in [9.17, 15) is 14.7 Å². The van der Waals surface area contributed by atoms with E-state index in [4.69, 9.17) is 9.47 Å². The first-order valence-electron chi connectivity index (χ1n) is 16.8. The Morgan fingerprint density at radius 1 is 1.10 bits per heavy atom. The SMILES string of the molecule is COCCCn1c(C2CCCN(C(=O)C[C@@H](Cc3ccc(-c4ccc(O)nc4)cc3F)NC(=O)OC(C)(C)C)C2)c(C)c2c(F)cccc21. The topological polar surface area (TPSA) is 106 Å². The molecule has 4 aromatic rings. The summed E-state index contributed by atoms with van der Waals surface area (Å²) in [6, 6.07) is 12.2. The molecule has 9 nitrogen and oxygen atoms in total. The highest BCUT2D eigenvalue weighted by atomic mass is 19.1. The number of nitrogens with one attached hydrogen (secondary N) is 1. The molecule has 2 aromatic carbocycles. The van der Waals surface area contributed by atoms with Crippen molar-refractivity contribution in [2.24, 2.45) is 0 Å². The zero-order valence-corrected chi connectivity index (χ0v) is 28.9. The summed E-state index contributed by atoms with van der Waals surface area (Å²) in [5, 5.41) is 12.9. The molecular weight excluding hydrogens is 630 g/mol. The van der Waals surface area contributed by atoms with E-state index in [0.29, 0.717) is 48.3 Å². The van der Waals surface area contributed by atoms with Gasteiger partial charge in [0.05, 0.1) is 5.52 Å². The minimum atomic E-state index is -0.761. The minimum Gasteiger partial charge on any atom is -0.493 e. The monoisotopic (exact) mass is 676 g/mol. The van der Waals surface area contributed by atoms with Crippen molar-refractivity contribution < 1.29 is 33.0 Å². The van der Waals surface area contributed by atoms with Gasteiger partial charge in [-0.2, -0.15) is 0 Å². The van der Waals surface area contributed by atoms with Gasteiger partial charge >= 0.3 is 6.09 Å². The number of fused-ring (bicyclic) bond motifs is 1. The summed E-state index contributed by atoms with van der Waals surface area (Å²) in [5.74, 6) is -1.06. The average Bonchev–Trinajstić information content (AvgIpc) is 3.33. The first-order chi connectivity index (χ1) is 23.3. The number of aryl methyl sites for hydroxylation is 2. The predicted octanol–water partition coefficient (Wildman–Crippen LogP) is 7.26. The third-order valence-corrected chi connectivity index (χ3v) is 8.97. The van der Waals surface area contributed by atoms with Crippen LogP contribution in [0.15, 0.2) is 54.7 Å². The number of methoxy groups -OCH3 is 1. The van der Waals surface area contributed by atoms with Gasteiger partial charge in [-0.3, -0.25) is 4.79 Å². The van der Waals surface area contributed by atoms with Gasteiger partial charge in [0, 0.05) is 80.6 Å². The van der Waals surface area contributed by atoms with E-state index in [1.807, 2.05) is 17.9 Å². The predicted molar refractivity (Wildman–Crippen MR) is 184 cm³/mol. The minimum absolute atomic E-state index is 0.0105. The molecule has 262 valence electrons. The van der Waals surface area contributed by atoms with Gasteiger partial charge in [-0.05, 0) is 94.3 Å². The lowest BCUT2D eigenvalue weighted by Crippen LogP contribution is -2.46. The lowest BCUT2D eigenvalue weighted by Gasteiger charge is -2.35. The lowest BCUT2D eigenvalue weighted by molar-refractivity contribution is -0.132. The van der Waals surface area contributed by atoms with Crippen LogP contribution in [0.2, 0.25) is 0 Å². The fourth-order valence-electron chi connectivity index (χ4n) is 6.83. The third kappa shape index (κ3) is 8.75. The molecule has 0 spiro atoms. The lowest BCUT2D eigenvalue weighted by atomic mass is 9.91. The highest BCUT2D eigenvalue weighted by molar-refractivity contribution is 5.86. The maximum absolute atomic E-state index is 15.5. The number of piperidine rings is 1. The Labute approximate surface area is 286 Å². The van der Waals surface area contributed by atoms with Crippen LogP contribution in [0.4, 0.5) is 13.6 Å². The number of carbonyl (C=O) groups is 2. The quantitative estimate of drug-likeness (QED) is 0.162. The molecule has 0 radical (unpaired) electrons. The molecule has 0 bridgehead atoms. The van der Waals surface area contributed by atoms with Crippen LogP contribution < -0.4 is 5.32 Å². The van der Waals surface area contributed by atoms with E-state index in [0.717, 1.165) is 36.0 Å². The van der Waals surface area contributed by atoms with Gasteiger partial charge in [0.25, 0.3) is 0 Å². The average molecular weight is 677 g/mol. The van der Waals surface area contributed by atoms with E-state index in [-0.39, 0.29) is 36.4 Å². The maximum Gasteiger partial charge on any atom is 0.407 e. The van der Waals surface area contributed by atoms with Gasteiger partial charge in [-0.25, -0.2) is 18.6 Å². The number of likely N-dealkylation sites (tertiary alicyclic amines) is 1. The number of aromatic hydroxyl groups is 1. The molecule has 11 heteroatoms. The van der Waals surface area contributed by atoms with Gasteiger partial charge in [-0.1, -0.05) is 18.2 Å². The molecule has 5 rings (SSSR count). The second kappa shape index (κ2) is 15.4. The molecule has 1 fully saturated rings. The Morgan fingerprint density at radius 3 is 2.57 bits per heavy atom. The van der Waals surface area contributed by atoms with Crippen LogP contribution in [0, 0.1) is 18.6 Å². The normalized spacial score (nSPS) is 15.7. The number of hydrogen-bond donors (Lipinski definition) is 2. The summed E-state index contributed by atoms with van der Waals surface area (Å²) in [4.78, 5) is 32.5. The van der Waals surface area contributed by atoms with E-state index in [1.54, 1.807) is 52.1 Å². The Hall–Kier alpha value is -4.51. The van der Waals surface area contributed by atoms with Crippen LogP contribution >= 0.6 is 0 Å². The zero-order chi connectivity index (χ0) is 35.3.